The number of fused-ring (bicyclic) bond motifs is 1. The van der Waals surface area contributed by atoms with E-state index in [9.17, 15) is 9.18 Å². The van der Waals surface area contributed by atoms with Gasteiger partial charge in [0, 0.05) is 32.6 Å². The Hall–Kier alpha value is -1.98. The van der Waals surface area contributed by atoms with Gasteiger partial charge in [-0.05, 0) is 29.3 Å². The molecule has 0 aliphatic carbocycles. The lowest BCUT2D eigenvalue weighted by Gasteiger charge is -2.24. The Morgan fingerprint density at radius 3 is 2.79 bits per heavy atom. The summed E-state index contributed by atoms with van der Waals surface area (Å²) in [7, 11) is 0. The molecule has 120 valence electrons. The van der Waals surface area contributed by atoms with E-state index in [0.29, 0.717) is 6.42 Å². The predicted molar refractivity (Wildman–Crippen MR) is 98.9 cm³/mol. The SMILES string of the molecule is O=C1C[C@H](c2ccccc2Br)c2scc(-c3cccc(F)c3)c2N1. The molecule has 1 aliphatic rings. The third kappa shape index (κ3) is 2.68. The van der Waals surface area contributed by atoms with E-state index in [1.165, 1.54) is 12.1 Å². The van der Waals surface area contributed by atoms with Crippen molar-refractivity contribution < 1.29 is 9.18 Å². The van der Waals surface area contributed by atoms with Gasteiger partial charge in [-0.25, -0.2) is 4.39 Å². The highest BCUT2D eigenvalue weighted by molar-refractivity contribution is 9.10. The van der Waals surface area contributed by atoms with Crippen LogP contribution in [0.2, 0.25) is 0 Å². The number of amides is 1. The maximum absolute atomic E-state index is 13.6. The Morgan fingerprint density at radius 2 is 2.00 bits per heavy atom. The second-order valence-electron chi connectivity index (χ2n) is 5.73. The van der Waals surface area contributed by atoms with Gasteiger partial charge in [-0.1, -0.05) is 46.3 Å². The zero-order valence-corrected chi connectivity index (χ0v) is 15.0. The lowest BCUT2D eigenvalue weighted by molar-refractivity contribution is -0.116. The number of hydrogen-bond acceptors (Lipinski definition) is 2. The van der Waals surface area contributed by atoms with Crippen LogP contribution in [0.4, 0.5) is 10.1 Å². The number of carbonyl (C=O) groups excluding carboxylic acids is 1. The topological polar surface area (TPSA) is 29.1 Å². The van der Waals surface area contributed by atoms with Crippen molar-refractivity contribution in [1.82, 2.24) is 0 Å². The molecule has 0 bridgehead atoms. The van der Waals surface area contributed by atoms with Crippen LogP contribution in [-0.2, 0) is 4.79 Å². The van der Waals surface area contributed by atoms with Crippen LogP contribution in [0.3, 0.4) is 0 Å². The summed E-state index contributed by atoms with van der Waals surface area (Å²) in [5.74, 6) is -0.284. The summed E-state index contributed by atoms with van der Waals surface area (Å²) >= 11 is 5.20. The average molecular weight is 402 g/mol. The molecule has 2 heterocycles. The molecule has 0 radical (unpaired) electrons. The first-order chi connectivity index (χ1) is 11.6. The minimum Gasteiger partial charge on any atom is -0.325 e. The Bertz CT molecular complexity index is 937. The zero-order valence-electron chi connectivity index (χ0n) is 12.6. The first-order valence-corrected chi connectivity index (χ1v) is 9.22. The number of hydrogen-bond donors (Lipinski definition) is 1. The van der Waals surface area contributed by atoms with Crippen LogP contribution in [-0.4, -0.2) is 5.91 Å². The monoisotopic (exact) mass is 401 g/mol. The number of benzene rings is 2. The number of rotatable bonds is 2. The first-order valence-electron chi connectivity index (χ1n) is 7.55. The summed E-state index contributed by atoms with van der Waals surface area (Å²) in [5, 5.41) is 4.97. The molecule has 5 heteroatoms. The summed E-state index contributed by atoms with van der Waals surface area (Å²) in [4.78, 5) is 13.4. The number of carbonyl (C=O) groups is 1. The van der Waals surface area contributed by atoms with Gasteiger partial charge in [0.2, 0.25) is 5.91 Å². The number of thiophene rings is 1. The van der Waals surface area contributed by atoms with Crippen molar-refractivity contribution in [3.05, 3.63) is 74.6 Å². The van der Waals surface area contributed by atoms with E-state index >= 15 is 0 Å². The highest BCUT2D eigenvalue weighted by Gasteiger charge is 2.31. The number of halogens is 2. The van der Waals surface area contributed by atoms with Gasteiger partial charge >= 0.3 is 0 Å². The molecule has 0 unspecified atom stereocenters. The second kappa shape index (κ2) is 6.15. The zero-order chi connectivity index (χ0) is 16.7. The fraction of sp³-hybridized carbons (Fsp3) is 0.105. The summed E-state index contributed by atoms with van der Waals surface area (Å²) < 4.78 is 14.6. The van der Waals surface area contributed by atoms with Gasteiger partial charge in [0.05, 0.1) is 5.69 Å². The van der Waals surface area contributed by atoms with Crippen LogP contribution < -0.4 is 5.32 Å². The van der Waals surface area contributed by atoms with E-state index in [-0.39, 0.29) is 17.6 Å². The van der Waals surface area contributed by atoms with Crippen LogP contribution >= 0.6 is 27.3 Å². The Morgan fingerprint density at radius 1 is 1.17 bits per heavy atom. The highest BCUT2D eigenvalue weighted by atomic mass is 79.9. The van der Waals surface area contributed by atoms with E-state index in [1.54, 1.807) is 17.4 Å². The molecular formula is C19H13BrFNOS. The van der Waals surface area contributed by atoms with E-state index in [1.807, 2.05) is 35.7 Å². The maximum atomic E-state index is 13.6. The van der Waals surface area contributed by atoms with Crippen molar-refractivity contribution in [2.75, 3.05) is 5.32 Å². The molecule has 2 nitrogen and oxygen atoms in total. The van der Waals surface area contributed by atoms with Crippen LogP contribution in [0.1, 0.15) is 22.8 Å². The van der Waals surface area contributed by atoms with Gasteiger partial charge < -0.3 is 5.32 Å². The standard InChI is InChI=1S/C19H13BrFNOS/c20-16-7-2-1-6-13(16)14-9-17(23)22-18-15(10-24-19(14)18)11-4-3-5-12(21)8-11/h1-8,10,14H,9H2,(H,22,23)/t14-/m1/s1. The van der Waals surface area contributed by atoms with Crippen molar-refractivity contribution in [2.24, 2.45) is 0 Å². The van der Waals surface area contributed by atoms with Gasteiger partial charge in [0.25, 0.3) is 0 Å². The van der Waals surface area contributed by atoms with Crippen LogP contribution in [0, 0.1) is 5.82 Å². The van der Waals surface area contributed by atoms with E-state index in [2.05, 4.69) is 21.2 Å². The lowest BCUT2D eigenvalue weighted by Crippen LogP contribution is -2.22. The van der Waals surface area contributed by atoms with Crippen molar-refractivity contribution >= 4 is 38.9 Å². The van der Waals surface area contributed by atoms with Gasteiger partial charge in [-0.2, -0.15) is 0 Å². The second-order valence-corrected chi connectivity index (χ2v) is 7.49. The minimum atomic E-state index is -0.281. The Labute approximate surface area is 151 Å². The minimum absolute atomic E-state index is 0.0108. The molecular weight excluding hydrogens is 389 g/mol. The van der Waals surface area contributed by atoms with Crippen LogP contribution in [0.5, 0.6) is 0 Å². The molecule has 4 rings (SSSR count). The molecule has 1 aliphatic heterocycles. The quantitative estimate of drug-likeness (QED) is 0.578. The molecule has 0 saturated heterocycles. The van der Waals surface area contributed by atoms with Gasteiger partial charge in [0.1, 0.15) is 5.82 Å². The summed E-state index contributed by atoms with van der Waals surface area (Å²) in [5.41, 5.74) is 3.56. The summed E-state index contributed by atoms with van der Waals surface area (Å²) in [6.45, 7) is 0. The molecule has 24 heavy (non-hydrogen) atoms. The largest absolute Gasteiger partial charge is 0.325 e. The Kier molecular flexibility index (Phi) is 3.98. The highest BCUT2D eigenvalue weighted by Crippen LogP contribution is 2.47. The average Bonchev–Trinajstić information content (AvgIpc) is 2.98. The van der Waals surface area contributed by atoms with E-state index < -0.39 is 0 Å². The fourth-order valence-electron chi connectivity index (χ4n) is 3.10. The lowest BCUT2D eigenvalue weighted by atomic mass is 9.89. The normalized spacial score (nSPS) is 16.6. The molecule has 1 amide bonds. The molecule has 2 aromatic carbocycles. The van der Waals surface area contributed by atoms with Gasteiger partial charge in [-0.15, -0.1) is 11.3 Å². The van der Waals surface area contributed by atoms with Crippen molar-refractivity contribution in [3.8, 4) is 11.1 Å². The fourth-order valence-corrected chi connectivity index (χ4v) is 4.82. The smallest absolute Gasteiger partial charge is 0.225 e. The van der Waals surface area contributed by atoms with Gasteiger partial charge in [-0.3, -0.25) is 4.79 Å². The van der Waals surface area contributed by atoms with Crippen molar-refractivity contribution in [1.29, 1.82) is 0 Å². The third-order valence-corrected chi connectivity index (χ3v) is 6.02. The molecule has 1 atom stereocenters. The van der Waals surface area contributed by atoms with Crippen LogP contribution in [0.15, 0.2) is 58.4 Å². The Balaban J connectivity index is 1.85. The van der Waals surface area contributed by atoms with E-state index in [0.717, 1.165) is 31.7 Å². The molecule has 0 fully saturated rings. The molecule has 0 saturated carbocycles. The van der Waals surface area contributed by atoms with E-state index in [4.69, 9.17) is 0 Å². The van der Waals surface area contributed by atoms with Gasteiger partial charge in [0.15, 0.2) is 0 Å². The first kappa shape index (κ1) is 15.5. The van der Waals surface area contributed by atoms with Crippen molar-refractivity contribution in [3.63, 3.8) is 0 Å². The maximum Gasteiger partial charge on any atom is 0.225 e. The van der Waals surface area contributed by atoms with Crippen molar-refractivity contribution in [2.45, 2.75) is 12.3 Å². The molecule has 1 N–H and O–H groups in total. The number of anilines is 1. The summed E-state index contributed by atoms with van der Waals surface area (Å²) in [6.07, 6.45) is 0.415. The number of nitrogens with one attached hydrogen (secondary N) is 1. The predicted octanol–water partition coefficient (Wildman–Crippen LogP) is 5.79. The van der Waals surface area contributed by atoms with Crippen LogP contribution in [0.25, 0.3) is 11.1 Å². The molecule has 0 spiro atoms. The third-order valence-electron chi connectivity index (χ3n) is 4.21. The summed E-state index contributed by atoms with van der Waals surface area (Å²) in [6, 6.07) is 14.4. The molecule has 3 aromatic rings. The molecule has 1 aromatic heterocycles.